The van der Waals surface area contributed by atoms with E-state index in [9.17, 15) is 4.79 Å². The average Bonchev–Trinajstić information content (AvgIpc) is 2.18. The second-order valence-corrected chi connectivity index (χ2v) is 4.63. The number of nitrogens with zero attached hydrogens (tertiary/aromatic N) is 1. The lowest BCUT2D eigenvalue weighted by Crippen LogP contribution is -1.93. The maximum atomic E-state index is 10.7. The Bertz CT molecular complexity index is 299. The van der Waals surface area contributed by atoms with E-state index in [1.165, 1.54) is 0 Å². The van der Waals surface area contributed by atoms with Crippen molar-refractivity contribution >= 4 is 18.0 Å². The topological polar surface area (TPSA) is 30.0 Å². The van der Waals surface area contributed by atoms with Crippen LogP contribution in [0.1, 0.15) is 30.6 Å². The molecule has 0 radical (unpaired) electrons. The molecule has 0 saturated heterocycles. The summed E-state index contributed by atoms with van der Waals surface area (Å²) < 4.78 is 0. The molecule has 0 N–H and O–H groups in total. The predicted molar refractivity (Wildman–Crippen MR) is 59.8 cm³/mol. The lowest BCUT2D eigenvalue weighted by Gasteiger charge is -2.04. The molecule has 1 aromatic rings. The van der Waals surface area contributed by atoms with E-state index in [4.69, 9.17) is 0 Å². The molecular formula is C11H15NOS. The van der Waals surface area contributed by atoms with Crippen LogP contribution < -0.4 is 0 Å². The lowest BCUT2D eigenvalue weighted by molar-refractivity contribution is 0.112. The van der Waals surface area contributed by atoms with Crippen molar-refractivity contribution < 1.29 is 4.79 Å². The molecule has 1 heterocycles. The van der Waals surface area contributed by atoms with E-state index in [1.54, 1.807) is 30.1 Å². The number of hydrogen-bond donors (Lipinski definition) is 0. The molecule has 0 unspecified atom stereocenters. The number of hydrogen-bond acceptors (Lipinski definition) is 3. The van der Waals surface area contributed by atoms with Crippen molar-refractivity contribution in [1.29, 1.82) is 0 Å². The Balaban J connectivity index is 2.53. The molecule has 2 nitrogen and oxygen atoms in total. The van der Waals surface area contributed by atoms with E-state index in [0.717, 1.165) is 23.5 Å². The second-order valence-electron chi connectivity index (χ2n) is 3.55. The van der Waals surface area contributed by atoms with Crippen molar-refractivity contribution in [3.05, 3.63) is 23.9 Å². The summed E-state index contributed by atoms with van der Waals surface area (Å²) in [6.07, 6.45) is 3.74. The van der Waals surface area contributed by atoms with Crippen molar-refractivity contribution in [2.24, 2.45) is 5.92 Å². The van der Waals surface area contributed by atoms with E-state index >= 15 is 0 Å². The van der Waals surface area contributed by atoms with Gasteiger partial charge >= 0.3 is 0 Å². The summed E-state index contributed by atoms with van der Waals surface area (Å²) >= 11 is 1.66. The van der Waals surface area contributed by atoms with E-state index in [0.29, 0.717) is 11.5 Å². The highest BCUT2D eigenvalue weighted by Gasteiger charge is 2.03. The van der Waals surface area contributed by atoms with Crippen LogP contribution in [-0.4, -0.2) is 17.0 Å². The van der Waals surface area contributed by atoms with E-state index in [-0.39, 0.29) is 0 Å². The molecule has 0 aromatic carbocycles. The van der Waals surface area contributed by atoms with Crippen molar-refractivity contribution in [2.75, 3.05) is 5.75 Å². The van der Waals surface area contributed by atoms with E-state index in [1.807, 2.05) is 0 Å². The summed E-state index contributed by atoms with van der Waals surface area (Å²) in [5.41, 5.74) is 0.696. The first-order chi connectivity index (χ1) is 6.74. The summed E-state index contributed by atoms with van der Waals surface area (Å²) in [4.78, 5) is 14.8. The Morgan fingerprint density at radius 3 is 3.00 bits per heavy atom. The Hall–Kier alpha value is -0.830. The second kappa shape index (κ2) is 5.81. The highest BCUT2D eigenvalue weighted by molar-refractivity contribution is 7.99. The zero-order valence-electron chi connectivity index (χ0n) is 8.56. The van der Waals surface area contributed by atoms with Gasteiger partial charge in [-0.3, -0.25) is 4.79 Å². The average molecular weight is 209 g/mol. The zero-order chi connectivity index (χ0) is 10.4. The van der Waals surface area contributed by atoms with Gasteiger partial charge in [-0.15, -0.1) is 11.8 Å². The van der Waals surface area contributed by atoms with Crippen LogP contribution in [0.4, 0.5) is 0 Å². The molecule has 0 atom stereocenters. The maximum absolute atomic E-state index is 10.7. The van der Waals surface area contributed by atoms with Crippen molar-refractivity contribution in [1.82, 2.24) is 4.98 Å². The fourth-order valence-electron chi connectivity index (χ4n) is 1.00. The highest BCUT2D eigenvalue weighted by atomic mass is 32.2. The summed E-state index contributed by atoms with van der Waals surface area (Å²) in [5, 5.41) is 0.850. The van der Waals surface area contributed by atoms with Gasteiger partial charge in [0.15, 0.2) is 6.29 Å². The molecule has 1 aromatic heterocycles. The van der Waals surface area contributed by atoms with Crippen LogP contribution in [0.3, 0.4) is 0 Å². The quantitative estimate of drug-likeness (QED) is 0.551. The third kappa shape index (κ3) is 3.50. The molecular weight excluding hydrogens is 194 g/mol. The van der Waals surface area contributed by atoms with Crippen LogP contribution in [0.15, 0.2) is 23.4 Å². The van der Waals surface area contributed by atoms with Crippen molar-refractivity contribution in [3.8, 4) is 0 Å². The monoisotopic (exact) mass is 209 g/mol. The number of aldehydes is 1. The van der Waals surface area contributed by atoms with Gasteiger partial charge in [-0.2, -0.15) is 0 Å². The molecule has 0 fully saturated rings. The largest absolute Gasteiger partial charge is 0.298 e. The van der Waals surface area contributed by atoms with Gasteiger partial charge in [0.25, 0.3) is 0 Å². The molecule has 0 aliphatic carbocycles. The van der Waals surface area contributed by atoms with Crippen LogP contribution in [0, 0.1) is 5.92 Å². The predicted octanol–water partition coefficient (Wildman–Crippen LogP) is 3.03. The summed E-state index contributed by atoms with van der Waals surface area (Å²) in [6.45, 7) is 4.39. The molecule has 0 aliphatic rings. The molecule has 0 amide bonds. The Kier molecular flexibility index (Phi) is 4.66. The van der Waals surface area contributed by atoms with Crippen LogP contribution in [0.2, 0.25) is 0 Å². The molecule has 14 heavy (non-hydrogen) atoms. The summed E-state index contributed by atoms with van der Waals surface area (Å²) in [5.74, 6) is 1.72. The molecule has 0 saturated carbocycles. The van der Waals surface area contributed by atoms with Gasteiger partial charge in [-0.1, -0.05) is 13.8 Å². The SMILES string of the molecule is CC(C)CCSc1ncccc1C=O. The van der Waals surface area contributed by atoms with Gasteiger partial charge < -0.3 is 0 Å². The normalized spacial score (nSPS) is 10.5. The lowest BCUT2D eigenvalue weighted by atomic mass is 10.2. The Morgan fingerprint density at radius 2 is 2.36 bits per heavy atom. The van der Waals surface area contributed by atoms with Gasteiger partial charge in [-0.25, -0.2) is 4.98 Å². The van der Waals surface area contributed by atoms with Gasteiger partial charge in [0.05, 0.1) is 0 Å². The molecule has 1 rings (SSSR count). The van der Waals surface area contributed by atoms with Gasteiger partial charge in [0.2, 0.25) is 0 Å². The fraction of sp³-hybridized carbons (Fsp3) is 0.455. The standard InChI is InChI=1S/C11H15NOS/c1-9(2)5-7-14-11-10(8-13)4-3-6-12-11/h3-4,6,8-9H,5,7H2,1-2H3. The Labute approximate surface area is 89.1 Å². The molecule has 0 spiro atoms. The third-order valence-electron chi connectivity index (χ3n) is 1.86. The molecule has 0 bridgehead atoms. The zero-order valence-corrected chi connectivity index (χ0v) is 9.38. The number of thioether (sulfide) groups is 1. The van der Waals surface area contributed by atoms with Gasteiger partial charge in [0, 0.05) is 11.8 Å². The summed E-state index contributed by atoms with van der Waals surface area (Å²) in [7, 11) is 0. The highest BCUT2D eigenvalue weighted by Crippen LogP contribution is 2.20. The van der Waals surface area contributed by atoms with Crippen LogP contribution in [-0.2, 0) is 0 Å². The van der Waals surface area contributed by atoms with Gasteiger partial charge in [-0.05, 0) is 30.2 Å². The van der Waals surface area contributed by atoms with Gasteiger partial charge in [0.1, 0.15) is 5.03 Å². The van der Waals surface area contributed by atoms with Crippen molar-refractivity contribution in [2.45, 2.75) is 25.3 Å². The third-order valence-corrected chi connectivity index (χ3v) is 2.92. The van der Waals surface area contributed by atoms with Crippen LogP contribution >= 0.6 is 11.8 Å². The summed E-state index contributed by atoms with van der Waals surface area (Å²) in [6, 6.07) is 3.59. The Morgan fingerprint density at radius 1 is 1.57 bits per heavy atom. The maximum Gasteiger partial charge on any atom is 0.152 e. The van der Waals surface area contributed by atoms with Crippen LogP contribution in [0.5, 0.6) is 0 Å². The first-order valence-corrected chi connectivity index (χ1v) is 5.75. The molecule has 0 aliphatic heterocycles. The van der Waals surface area contributed by atoms with Crippen LogP contribution in [0.25, 0.3) is 0 Å². The minimum absolute atomic E-state index is 0.696. The molecule has 76 valence electrons. The first kappa shape index (κ1) is 11.2. The number of carbonyl (C=O) groups is 1. The van der Waals surface area contributed by atoms with E-state index in [2.05, 4.69) is 18.8 Å². The van der Waals surface area contributed by atoms with Crippen molar-refractivity contribution in [3.63, 3.8) is 0 Å². The number of aromatic nitrogens is 1. The molecule has 3 heteroatoms. The number of pyridine rings is 1. The smallest absolute Gasteiger partial charge is 0.152 e. The first-order valence-electron chi connectivity index (χ1n) is 4.77. The minimum atomic E-state index is 0.696. The number of carbonyl (C=O) groups excluding carboxylic acids is 1. The fourth-order valence-corrected chi connectivity index (χ4v) is 2.21. The number of rotatable bonds is 5. The van der Waals surface area contributed by atoms with E-state index < -0.39 is 0 Å². The minimum Gasteiger partial charge on any atom is -0.298 e.